The first-order valence-electron chi connectivity index (χ1n) is 8.88. The van der Waals surface area contributed by atoms with E-state index in [1.807, 2.05) is 0 Å². The summed E-state index contributed by atoms with van der Waals surface area (Å²) in [6.45, 7) is 2.71. The van der Waals surface area contributed by atoms with Crippen LogP contribution in [0, 0.1) is 0 Å². The molecule has 3 nitrogen and oxygen atoms in total. The van der Waals surface area contributed by atoms with Crippen LogP contribution >= 0.6 is 8.60 Å². The van der Waals surface area contributed by atoms with Crippen LogP contribution < -0.4 is 0 Å². The quantitative estimate of drug-likeness (QED) is 0.206. The molecule has 0 spiro atoms. The Kier molecular flexibility index (Phi) is 18.7. The Hall–Kier alpha value is -0.210. The maximum absolute atomic E-state index is 8.57. The molecular weight excluding hydrogens is 295 g/mol. The first kappa shape index (κ1) is 21.8. The van der Waals surface area contributed by atoms with Crippen molar-refractivity contribution < 1.29 is 14.3 Å². The zero-order valence-corrected chi connectivity index (χ0v) is 15.1. The van der Waals surface area contributed by atoms with Crippen LogP contribution in [0.3, 0.4) is 0 Å². The van der Waals surface area contributed by atoms with Gasteiger partial charge in [-0.15, -0.1) is 0 Å². The van der Waals surface area contributed by atoms with Crippen molar-refractivity contribution in [1.29, 1.82) is 0 Å². The number of hydrogen-bond acceptors (Lipinski definition) is 3. The van der Waals surface area contributed by atoms with E-state index in [1.54, 1.807) is 0 Å². The van der Waals surface area contributed by atoms with Gasteiger partial charge in [-0.2, -0.15) is 0 Å². The summed E-state index contributed by atoms with van der Waals surface area (Å²) in [5.74, 6) is 0. The molecule has 0 bridgehead atoms. The predicted molar refractivity (Wildman–Crippen MR) is 96.7 cm³/mol. The molecule has 22 heavy (non-hydrogen) atoms. The van der Waals surface area contributed by atoms with Crippen LogP contribution in [-0.4, -0.2) is 16.4 Å². The molecule has 4 heteroatoms. The largest absolute Gasteiger partial charge is 0.328 e. The minimum absolute atomic E-state index is 0.466. The summed E-state index contributed by atoms with van der Waals surface area (Å²) in [4.78, 5) is 17.1. The first-order valence-corrected chi connectivity index (χ1v) is 10.0. The predicted octanol–water partition coefficient (Wildman–Crippen LogP) is 6.03. The Morgan fingerprint density at radius 3 is 1.86 bits per heavy atom. The lowest BCUT2D eigenvalue weighted by Gasteiger charge is -2.03. The Morgan fingerprint density at radius 2 is 1.27 bits per heavy atom. The van der Waals surface area contributed by atoms with Gasteiger partial charge in [-0.25, -0.2) is 0 Å². The number of rotatable bonds is 16. The molecule has 0 fully saturated rings. The highest BCUT2D eigenvalue weighted by Gasteiger charge is 1.97. The summed E-state index contributed by atoms with van der Waals surface area (Å²) < 4.78 is 4.72. The van der Waals surface area contributed by atoms with E-state index >= 15 is 0 Å². The summed E-state index contributed by atoms with van der Waals surface area (Å²) >= 11 is 0. The maximum atomic E-state index is 8.57. The highest BCUT2D eigenvalue weighted by atomic mass is 31.2. The Bertz CT molecular complexity index is 265. The minimum atomic E-state index is -2.16. The van der Waals surface area contributed by atoms with Crippen LogP contribution in [0.2, 0.25) is 0 Å². The second-order valence-electron chi connectivity index (χ2n) is 5.67. The van der Waals surface area contributed by atoms with Crippen LogP contribution in [-0.2, 0) is 4.52 Å². The van der Waals surface area contributed by atoms with Crippen molar-refractivity contribution in [1.82, 2.24) is 0 Å². The third-order valence-electron chi connectivity index (χ3n) is 3.55. The lowest BCUT2D eigenvalue weighted by atomic mass is 10.1. The summed E-state index contributed by atoms with van der Waals surface area (Å²) in [7, 11) is -2.16. The number of allylic oxidation sites excluding steroid dienone is 4. The molecule has 0 aromatic carbocycles. The molecule has 0 amide bonds. The molecule has 0 heterocycles. The highest BCUT2D eigenvalue weighted by Crippen LogP contribution is 2.24. The van der Waals surface area contributed by atoms with Crippen molar-refractivity contribution in [2.45, 2.75) is 84.0 Å². The Balaban J connectivity index is 3.14. The van der Waals surface area contributed by atoms with Crippen molar-refractivity contribution in [2.24, 2.45) is 0 Å². The molecule has 0 aliphatic heterocycles. The van der Waals surface area contributed by atoms with Crippen molar-refractivity contribution in [3.8, 4) is 0 Å². The third-order valence-corrected chi connectivity index (χ3v) is 3.97. The molecule has 0 saturated carbocycles. The Morgan fingerprint density at radius 1 is 0.727 bits per heavy atom. The van der Waals surface area contributed by atoms with Crippen LogP contribution in [0.5, 0.6) is 0 Å². The van der Waals surface area contributed by atoms with Crippen molar-refractivity contribution >= 4 is 8.60 Å². The van der Waals surface area contributed by atoms with E-state index in [2.05, 4.69) is 31.2 Å². The van der Waals surface area contributed by atoms with Gasteiger partial charge < -0.3 is 14.3 Å². The Labute approximate surface area is 138 Å². The molecule has 0 aliphatic carbocycles. The van der Waals surface area contributed by atoms with Crippen LogP contribution in [0.15, 0.2) is 24.3 Å². The highest BCUT2D eigenvalue weighted by molar-refractivity contribution is 7.39. The lowest BCUT2D eigenvalue weighted by Crippen LogP contribution is -1.89. The summed E-state index contributed by atoms with van der Waals surface area (Å²) in [6, 6.07) is 0. The fourth-order valence-corrected chi connectivity index (χ4v) is 2.53. The number of hydrogen-bond donors (Lipinski definition) is 2. The van der Waals surface area contributed by atoms with Crippen molar-refractivity contribution in [2.75, 3.05) is 6.61 Å². The van der Waals surface area contributed by atoms with Crippen LogP contribution in [0.25, 0.3) is 0 Å². The van der Waals surface area contributed by atoms with Gasteiger partial charge in [0.2, 0.25) is 0 Å². The second kappa shape index (κ2) is 18.8. The second-order valence-corrected chi connectivity index (χ2v) is 6.43. The van der Waals surface area contributed by atoms with Gasteiger partial charge in [0, 0.05) is 0 Å². The summed E-state index contributed by atoms with van der Waals surface area (Å²) in [5, 5.41) is 0. The molecule has 130 valence electrons. The van der Waals surface area contributed by atoms with Crippen molar-refractivity contribution in [3.63, 3.8) is 0 Å². The van der Waals surface area contributed by atoms with Gasteiger partial charge in [-0.1, -0.05) is 69.8 Å². The van der Waals surface area contributed by atoms with Crippen molar-refractivity contribution in [3.05, 3.63) is 24.3 Å². The van der Waals surface area contributed by atoms with E-state index in [9.17, 15) is 0 Å². The van der Waals surface area contributed by atoms with Crippen LogP contribution in [0.1, 0.15) is 84.0 Å². The maximum Gasteiger partial charge on any atom is 0.327 e. The van der Waals surface area contributed by atoms with E-state index in [1.165, 1.54) is 57.8 Å². The molecule has 2 N–H and O–H groups in total. The van der Waals surface area contributed by atoms with E-state index < -0.39 is 8.60 Å². The zero-order chi connectivity index (χ0) is 16.3. The minimum Gasteiger partial charge on any atom is -0.328 e. The molecule has 0 rings (SSSR count). The molecule has 0 atom stereocenters. The van der Waals surface area contributed by atoms with Gasteiger partial charge in [0.1, 0.15) is 0 Å². The monoisotopic (exact) mass is 330 g/mol. The first-order chi connectivity index (χ1) is 10.8. The van der Waals surface area contributed by atoms with E-state index in [-0.39, 0.29) is 0 Å². The topological polar surface area (TPSA) is 49.7 Å². The average molecular weight is 330 g/mol. The molecule has 0 unspecified atom stereocenters. The normalized spacial score (nSPS) is 12.2. The molecular formula is C18H35O3P. The number of unbranched alkanes of at least 4 members (excludes halogenated alkanes) is 9. The third kappa shape index (κ3) is 19.8. The van der Waals surface area contributed by atoms with Gasteiger partial charge in [-0.3, -0.25) is 0 Å². The fraction of sp³-hybridized carbons (Fsp3) is 0.778. The fourth-order valence-electron chi connectivity index (χ4n) is 2.24. The van der Waals surface area contributed by atoms with Gasteiger partial charge in [0.05, 0.1) is 6.61 Å². The van der Waals surface area contributed by atoms with Gasteiger partial charge in [0.15, 0.2) is 0 Å². The molecule has 0 aromatic rings. The molecule has 0 radical (unpaired) electrons. The average Bonchev–Trinajstić information content (AvgIpc) is 2.50. The molecule has 0 saturated heterocycles. The van der Waals surface area contributed by atoms with E-state index in [0.29, 0.717) is 6.61 Å². The van der Waals surface area contributed by atoms with E-state index in [4.69, 9.17) is 14.3 Å². The lowest BCUT2D eigenvalue weighted by molar-refractivity contribution is 0.248. The summed E-state index contributed by atoms with van der Waals surface area (Å²) in [5.41, 5.74) is 0. The smallest absolute Gasteiger partial charge is 0.327 e. The summed E-state index contributed by atoms with van der Waals surface area (Å²) in [6.07, 6.45) is 23.7. The van der Waals surface area contributed by atoms with Gasteiger partial charge >= 0.3 is 8.60 Å². The van der Waals surface area contributed by atoms with Crippen LogP contribution in [0.4, 0.5) is 0 Å². The SMILES string of the molecule is CCCCCC=CCC=CCCCCCCCCOP(O)O. The van der Waals surface area contributed by atoms with Gasteiger partial charge in [0.25, 0.3) is 0 Å². The standard InChI is InChI=1S/C18H35O3P/c1-2-3-4-5-6-7-8-9-10-11-12-13-14-15-16-17-18-21-22(19)20/h6-7,9-10,19-20H,2-5,8,11-18H2,1H3. The molecule has 0 aliphatic rings. The van der Waals surface area contributed by atoms with E-state index in [0.717, 1.165) is 19.3 Å². The molecule has 0 aromatic heterocycles. The zero-order valence-electron chi connectivity index (χ0n) is 14.3. The van der Waals surface area contributed by atoms with Gasteiger partial charge in [-0.05, 0) is 38.5 Å².